The Morgan fingerprint density at radius 2 is 1.70 bits per heavy atom. The lowest BCUT2D eigenvalue weighted by atomic mass is 10.3. The van der Waals surface area contributed by atoms with Gasteiger partial charge >= 0.3 is 7.82 Å². The summed E-state index contributed by atoms with van der Waals surface area (Å²) in [4.78, 5) is 0. The van der Waals surface area contributed by atoms with Gasteiger partial charge in [0.25, 0.3) is 0 Å². The summed E-state index contributed by atoms with van der Waals surface area (Å²) >= 11 is 11.7. The van der Waals surface area contributed by atoms with Crippen LogP contribution < -0.4 is 4.74 Å². The van der Waals surface area contributed by atoms with Crippen LogP contribution in [0.3, 0.4) is 0 Å². The van der Waals surface area contributed by atoms with E-state index in [1.54, 1.807) is 32.0 Å². The second-order valence-electron chi connectivity index (χ2n) is 3.54. The van der Waals surface area contributed by atoms with E-state index in [9.17, 15) is 4.57 Å². The fourth-order valence-electron chi connectivity index (χ4n) is 1.32. The molecule has 1 aromatic rings. The Kier molecular flexibility index (Phi) is 7.88. The van der Waals surface area contributed by atoms with Gasteiger partial charge in [0.2, 0.25) is 0 Å². The lowest BCUT2D eigenvalue weighted by molar-refractivity contribution is 0.107. The maximum atomic E-state index is 12.0. The Hall–Kier alpha value is -0.290. The Balaban J connectivity index is 2.42. The van der Waals surface area contributed by atoms with E-state index in [0.29, 0.717) is 15.8 Å². The van der Waals surface area contributed by atoms with Crippen molar-refractivity contribution < 1.29 is 22.9 Å². The second kappa shape index (κ2) is 8.88. The van der Waals surface area contributed by atoms with Crippen LogP contribution in [0.1, 0.15) is 13.8 Å². The number of hydrogen-bond acceptors (Lipinski definition) is 5. The van der Waals surface area contributed by atoms with Crippen molar-refractivity contribution in [1.82, 2.24) is 0 Å². The maximum Gasteiger partial charge on any atom is 0.474 e. The van der Waals surface area contributed by atoms with E-state index in [1.807, 2.05) is 0 Å². The molecule has 0 bridgehead atoms. The molecule has 1 rings (SSSR count). The van der Waals surface area contributed by atoms with Crippen molar-refractivity contribution >= 4 is 31.0 Å². The molecule has 1 aromatic carbocycles. The van der Waals surface area contributed by atoms with Crippen LogP contribution in [-0.2, 0) is 18.1 Å². The molecule has 0 spiro atoms. The van der Waals surface area contributed by atoms with Crippen molar-refractivity contribution in [2.75, 3.05) is 26.4 Å². The normalized spacial score (nSPS) is 11.6. The van der Waals surface area contributed by atoms with Crippen LogP contribution in [0.25, 0.3) is 0 Å². The number of rotatable bonds is 9. The molecule has 0 unspecified atom stereocenters. The van der Waals surface area contributed by atoms with E-state index in [0.717, 1.165) is 0 Å². The third-order valence-electron chi connectivity index (χ3n) is 2.06. The molecule has 114 valence electrons. The van der Waals surface area contributed by atoms with Crippen LogP contribution >= 0.6 is 31.0 Å². The van der Waals surface area contributed by atoms with Gasteiger partial charge in [-0.2, -0.15) is 0 Å². The third kappa shape index (κ3) is 6.00. The van der Waals surface area contributed by atoms with Crippen molar-refractivity contribution in [3.05, 3.63) is 28.2 Å². The van der Waals surface area contributed by atoms with Crippen LogP contribution in [0.15, 0.2) is 18.2 Å². The van der Waals surface area contributed by atoms with Crippen LogP contribution in [0.2, 0.25) is 10.0 Å². The summed E-state index contributed by atoms with van der Waals surface area (Å²) in [6, 6.07) is 4.88. The van der Waals surface area contributed by atoms with Gasteiger partial charge in [-0.25, -0.2) is 4.57 Å². The van der Waals surface area contributed by atoms with E-state index in [1.165, 1.54) is 0 Å². The number of halogens is 2. The zero-order valence-electron chi connectivity index (χ0n) is 11.3. The first-order chi connectivity index (χ1) is 9.50. The van der Waals surface area contributed by atoms with E-state index in [-0.39, 0.29) is 26.4 Å². The van der Waals surface area contributed by atoms with Crippen molar-refractivity contribution in [3.8, 4) is 5.75 Å². The van der Waals surface area contributed by atoms with Gasteiger partial charge in [-0.3, -0.25) is 13.6 Å². The molecule has 0 fully saturated rings. The molecule has 20 heavy (non-hydrogen) atoms. The first kappa shape index (κ1) is 17.8. The van der Waals surface area contributed by atoms with Gasteiger partial charge in [0, 0.05) is 5.02 Å². The number of phosphoric ester groups is 1. The van der Waals surface area contributed by atoms with E-state index in [2.05, 4.69) is 0 Å². The molecular weight excluding hydrogens is 326 g/mol. The summed E-state index contributed by atoms with van der Waals surface area (Å²) < 4.78 is 32.4. The predicted octanol–water partition coefficient (Wildman–Crippen LogP) is 4.57. The summed E-state index contributed by atoms with van der Waals surface area (Å²) in [5.41, 5.74) is 0. The minimum atomic E-state index is -3.49. The van der Waals surface area contributed by atoms with Crippen molar-refractivity contribution in [2.24, 2.45) is 0 Å². The highest BCUT2D eigenvalue weighted by molar-refractivity contribution is 7.48. The van der Waals surface area contributed by atoms with E-state index < -0.39 is 7.82 Å². The highest BCUT2D eigenvalue weighted by Gasteiger charge is 2.24. The van der Waals surface area contributed by atoms with Gasteiger partial charge in [-0.05, 0) is 32.0 Å². The Labute approximate surface area is 128 Å². The fourth-order valence-corrected chi connectivity index (χ4v) is 2.94. The molecular formula is C12H17Cl2O5P. The highest BCUT2D eigenvalue weighted by Crippen LogP contribution is 2.48. The average Bonchev–Trinajstić information content (AvgIpc) is 2.37. The molecule has 0 aliphatic heterocycles. The molecule has 0 aliphatic carbocycles. The highest BCUT2D eigenvalue weighted by atomic mass is 35.5. The number of ether oxygens (including phenoxy) is 1. The van der Waals surface area contributed by atoms with E-state index >= 15 is 0 Å². The molecule has 0 N–H and O–H groups in total. The van der Waals surface area contributed by atoms with Crippen LogP contribution in [0, 0.1) is 0 Å². The number of phosphoric acid groups is 1. The zero-order valence-corrected chi connectivity index (χ0v) is 13.7. The molecule has 8 heteroatoms. The summed E-state index contributed by atoms with van der Waals surface area (Å²) in [5.74, 6) is 0.474. The smallest absolute Gasteiger partial charge is 0.474 e. The molecule has 0 amide bonds. The van der Waals surface area contributed by atoms with Gasteiger partial charge in [0.15, 0.2) is 0 Å². The van der Waals surface area contributed by atoms with E-state index in [4.69, 9.17) is 41.5 Å². The SMILES string of the molecule is CCOP(=O)(OCC)OCCOc1ccc(Cl)cc1Cl. The first-order valence-electron chi connectivity index (χ1n) is 6.12. The summed E-state index contributed by atoms with van der Waals surface area (Å²) in [7, 11) is -3.49. The Morgan fingerprint density at radius 3 is 2.25 bits per heavy atom. The molecule has 0 radical (unpaired) electrons. The van der Waals surface area contributed by atoms with Gasteiger partial charge in [0.05, 0.1) is 24.8 Å². The minimum absolute atomic E-state index is 0.0518. The fraction of sp³-hybridized carbons (Fsp3) is 0.500. The quantitative estimate of drug-likeness (QED) is 0.486. The van der Waals surface area contributed by atoms with Gasteiger partial charge < -0.3 is 4.74 Å². The average molecular weight is 343 g/mol. The molecule has 0 saturated heterocycles. The van der Waals surface area contributed by atoms with Crippen LogP contribution in [-0.4, -0.2) is 26.4 Å². The third-order valence-corrected chi connectivity index (χ3v) is 4.24. The molecule has 0 aliphatic rings. The maximum absolute atomic E-state index is 12.0. The summed E-state index contributed by atoms with van der Waals surface area (Å²) in [5, 5.41) is 0.922. The summed E-state index contributed by atoms with van der Waals surface area (Å²) in [6.45, 7) is 4.10. The largest absolute Gasteiger partial charge is 0.490 e. The van der Waals surface area contributed by atoms with Gasteiger partial charge in [0.1, 0.15) is 12.4 Å². The number of hydrogen-bond donors (Lipinski definition) is 0. The van der Waals surface area contributed by atoms with Crippen LogP contribution in [0.4, 0.5) is 0 Å². The van der Waals surface area contributed by atoms with Gasteiger partial charge in [-0.15, -0.1) is 0 Å². The predicted molar refractivity (Wildman–Crippen MR) is 78.8 cm³/mol. The Morgan fingerprint density at radius 1 is 1.05 bits per heavy atom. The standard InChI is InChI=1S/C12H17Cl2O5P/c1-3-17-20(15,18-4-2)19-8-7-16-12-6-5-10(13)9-11(12)14/h5-6,9H,3-4,7-8H2,1-2H3. The monoisotopic (exact) mass is 342 g/mol. The van der Waals surface area contributed by atoms with Crippen molar-refractivity contribution in [1.29, 1.82) is 0 Å². The van der Waals surface area contributed by atoms with Gasteiger partial charge in [-0.1, -0.05) is 23.2 Å². The molecule has 0 aromatic heterocycles. The lowest BCUT2D eigenvalue weighted by Crippen LogP contribution is -2.08. The molecule has 5 nitrogen and oxygen atoms in total. The molecule has 0 saturated carbocycles. The zero-order chi connectivity index (χ0) is 15.0. The first-order valence-corrected chi connectivity index (χ1v) is 8.34. The molecule has 0 atom stereocenters. The second-order valence-corrected chi connectivity index (χ2v) is 6.05. The molecule has 0 heterocycles. The van der Waals surface area contributed by atoms with Crippen molar-refractivity contribution in [2.45, 2.75) is 13.8 Å². The Bertz CT molecular complexity index is 459. The van der Waals surface area contributed by atoms with Crippen LogP contribution in [0.5, 0.6) is 5.75 Å². The lowest BCUT2D eigenvalue weighted by Gasteiger charge is -2.16. The van der Waals surface area contributed by atoms with Crippen molar-refractivity contribution in [3.63, 3.8) is 0 Å². The number of benzene rings is 1. The summed E-state index contributed by atoms with van der Waals surface area (Å²) in [6.07, 6.45) is 0. The minimum Gasteiger partial charge on any atom is -0.490 e. The topological polar surface area (TPSA) is 54.0 Å².